The first-order chi connectivity index (χ1) is 10.9. The minimum absolute atomic E-state index is 0.291. The molecule has 0 atom stereocenters. The number of methoxy groups -OCH3 is 1. The summed E-state index contributed by atoms with van der Waals surface area (Å²) in [6.45, 7) is 3.14. The number of ether oxygens (including phenoxy) is 2. The van der Waals surface area contributed by atoms with Crippen LogP contribution in [0.25, 0.3) is 0 Å². The van der Waals surface area contributed by atoms with Gasteiger partial charge in [0.2, 0.25) is 5.88 Å². The molecule has 2 rings (SSSR count). The first kappa shape index (κ1) is 16.5. The standard InChI is InChI=1S/C17H18N2O4/c1-17(2,16(21)22-3)19-15(20)12-9-10-18-14(11-12)23-13-7-5-4-6-8-13/h4-11H,1-3H3,(H,19,20). The molecule has 6 heteroatoms. The molecule has 23 heavy (non-hydrogen) atoms. The van der Waals surface area contributed by atoms with E-state index < -0.39 is 17.4 Å². The van der Waals surface area contributed by atoms with E-state index in [1.807, 2.05) is 18.2 Å². The van der Waals surface area contributed by atoms with Crippen LogP contribution in [0, 0.1) is 0 Å². The summed E-state index contributed by atoms with van der Waals surface area (Å²) in [7, 11) is 1.27. The summed E-state index contributed by atoms with van der Waals surface area (Å²) in [6, 6.07) is 12.2. The van der Waals surface area contributed by atoms with Gasteiger partial charge in [0.05, 0.1) is 7.11 Å². The number of nitrogens with zero attached hydrogens (tertiary/aromatic N) is 1. The Morgan fingerprint density at radius 3 is 2.48 bits per heavy atom. The minimum Gasteiger partial charge on any atom is -0.467 e. The van der Waals surface area contributed by atoms with E-state index in [9.17, 15) is 9.59 Å². The number of pyridine rings is 1. The molecule has 0 spiro atoms. The highest BCUT2D eigenvalue weighted by Gasteiger charge is 2.30. The van der Waals surface area contributed by atoms with Crippen molar-refractivity contribution in [3.05, 3.63) is 54.2 Å². The number of nitrogens with one attached hydrogen (secondary N) is 1. The monoisotopic (exact) mass is 314 g/mol. The van der Waals surface area contributed by atoms with Crippen molar-refractivity contribution in [1.29, 1.82) is 0 Å². The van der Waals surface area contributed by atoms with Crippen molar-refractivity contribution >= 4 is 11.9 Å². The summed E-state index contributed by atoms with van der Waals surface area (Å²) in [5, 5.41) is 2.62. The lowest BCUT2D eigenvalue weighted by Gasteiger charge is -2.23. The average Bonchev–Trinajstić information content (AvgIpc) is 2.54. The van der Waals surface area contributed by atoms with Gasteiger partial charge in [0.25, 0.3) is 5.91 Å². The van der Waals surface area contributed by atoms with Crippen LogP contribution in [-0.4, -0.2) is 29.5 Å². The van der Waals surface area contributed by atoms with Crippen molar-refractivity contribution in [2.24, 2.45) is 0 Å². The first-order valence-electron chi connectivity index (χ1n) is 7.02. The van der Waals surface area contributed by atoms with Gasteiger partial charge in [-0.15, -0.1) is 0 Å². The Morgan fingerprint density at radius 2 is 1.83 bits per heavy atom. The van der Waals surface area contributed by atoms with Crippen molar-refractivity contribution in [2.45, 2.75) is 19.4 Å². The van der Waals surface area contributed by atoms with Crippen LogP contribution in [0.2, 0.25) is 0 Å². The normalized spacial score (nSPS) is 10.7. The Bertz CT molecular complexity index is 699. The van der Waals surface area contributed by atoms with Crippen molar-refractivity contribution in [3.8, 4) is 11.6 Å². The molecule has 1 heterocycles. The number of benzene rings is 1. The zero-order valence-corrected chi connectivity index (χ0v) is 13.2. The predicted octanol–water partition coefficient (Wildman–Crippen LogP) is 2.56. The minimum atomic E-state index is -1.13. The number of amides is 1. The predicted molar refractivity (Wildman–Crippen MR) is 84.3 cm³/mol. The Morgan fingerprint density at radius 1 is 1.13 bits per heavy atom. The maximum absolute atomic E-state index is 12.3. The number of hydrogen-bond donors (Lipinski definition) is 1. The fraction of sp³-hybridized carbons (Fsp3) is 0.235. The van der Waals surface area contributed by atoms with E-state index in [2.05, 4.69) is 15.0 Å². The topological polar surface area (TPSA) is 77.5 Å². The van der Waals surface area contributed by atoms with Gasteiger partial charge in [0.1, 0.15) is 11.3 Å². The Kier molecular flexibility index (Phi) is 4.95. The molecule has 0 saturated heterocycles. The molecule has 0 unspecified atom stereocenters. The lowest BCUT2D eigenvalue weighted by atomic mass is 10.1. The Balaban J connectivity index is 2.13. The molecular formula is C17H18N2O4. The molecule has 0 saturated carbocycles. The van der Waals surface area contributed by atoms with Gasteiger partial charge < -0.3 is 14.8 Å². The Hall–Kier alpha value is -2.89. The molecule has 0 aliphatic carbocycles. The van der Waals surface area contributed by atoms with E-state index in [0.29, 0.717) is 17.2 Å². The van der Waals surface area contributed by atoms with E-state index in [-0.39, 0.29) is 0 Å². The molecule has 0 radical (unpaired) electrons. The number of carbonyl (C=O) groups excluding carboxylic acids is 2. The molecule has 0 fully saturated rings. The first-order valence-corrected chi connectivity index (χ1v) is 7.02. The lowest BCUT2D eigenvalue weighted by Crippen LogP contribution is -2.50. The summed E-state index contributed by atoms with van der Waals surface area (Å²) in [6.07, 6.45) is 1.47. The van der Waals surface area contributed by atoms with Crippen LogP contribution >= 0.6 is 0 Å². The second kappa shape index (κ2) is 6.91. The van der Waals surface area contributed by atoms with E-state index in [1.165, 1.54) is 19.4 Å². The van der Waals surface area contributed by atoms with Gasteiger partial charge in [-0.1, -0.05) is 18.2 Å². The third kappa shape index (κ3) is 4.29. The highest BCUT2D eigenvalue weighted by atomic mass is 16.5. The SMILES string of the molecule is COC(=O)C(C)(C)NC(=O)c1ccnc(Oc2ccccc2)c1. The van der Waals surface area contributed by atoms with E-state index >= 15 is 0 Å². The maximum Gasteiger partial charge on any atom is 0.330 e. The van der Waals surface area contributed by atoms with E-state index in [4.69, 9.17) is 4.74 Å². The third-order valence-corrected chi connectivity index (χ3v) is 3.08. The number of esters is 1. The summed E-state index contributed by atoms with van der Waals surface area (Å²) >= 11 is 0. The molecule has 0 aliphatic heterocycles. The van der Waals surface area contributed by atoms with Gasteiger partial charge in [0.15, 0.2) is 0 Å². The summed E-state index contributed by atoms with van der Waals surface area (Å²) in [5.74, 6) is -0.0338. The van der Waals surface area contributed by atoms with Crippen LogP contribution in [0.15, 0.2) is 48.7 Å². The molecule has 1 aromatic carbocycles. The summed E-state index contributed by atoms with van der Waals surface area (Å²) < 4.78 is 10.2. The quantitative estimate of drug-likeness (QED) is 0.858. The lowest BCUT2D eigenvalue weighted by molar-refractivity contribution is -0.146. The van der Waals surface area contributed by atoms with Gasteiger partial charge in [0, 0.05) is 17.8 Å². The van der Waals surface area contributed by atoms with Crippen molar-refractivity contribution in [3.63, 3.8) is 0 Å². The molecule has 120 valence electrons. The number of carbonyl (C=O) groups is 2. The average molecular weight is 314 g/mol. The van der Waals surface area contributed by atoms with Gasteiger partial charge in [-0.3, -0.25) is 4.79 Å². The van der Waals surface area contributed by atoms with Crippen LogP contribution in [0.1, 0.15) is 24.2 Å². The summed E-state index contributed by atoms with van der Waals surface area (Å²) in [4.78, 5) is 28.0. The van der Waals surface area contributed by atoms with Gasteiger partial charge in [-0.05, 0) is 32.0 Å². The highest BCUT2D eigenvalue weighted by Crippen LogP contribution is 2.19. The van der Waals surface area contributed by atoms with Crippen LogP contribution in [-0.2, 0) is 9.53 Å². The molecule has 1 aromatic heterocycles. The fourth-order valence-corrected chi connectivity index (χ4v) is 1.88. The zero-order valence-electron chi connectivity index (χ0n) is 13.2. The Labute approximate surface area is 134 Å². The second-order valence-corrected chi connectivity index (χ2v) is 5.37. The smallest absolute Gasteiger partial charge is 0.330 e. The van der Waals surface area contributed by atoms with Crippen molar-refractivity contribution in [1.82, 2.24) is 10.3 Å². The van der Waals surface area contributed by atoms with E-state index in [0.717, 1.165) is 0 Å². The third-order valence-electron chi connectivity index (χ3n) is 3.08. The van der Waals surface area contributed by atoms with Gasteiger partial charge in [-0.2, -0.15) is 0 Å². The number of para-hydroxylation sites is 1. The molecule has 2 aromatic rings. The van der Waals surface area contributed by atoms with Crippen LogP contribution in [0.4, 0.5) is 0 Å². The molecule has 0 bridgehead atoms. The molecule has 0 aliphatic rings. The molecular weight excluding hydrogens is 296 g/mol. The number of hydrogen-bond acceptors (Lipinski definition) is 5. The highest BCUT2D eigenvalue weighted by molar-refractivity contribution is 5.98. The number of aromatic nitrogens is 1. The van der Waals surface area contributed by atoms with Crippen molar-refractivity contribution in [2.75, 3.05) is 7.11 Å². The molecule has 6 nitrogen and oxygen atoms in total. The van der Waals surface area contributed by atoms with Crippen molar-refractivity contribution < 1.29 is 19.1 Å². The van der Waals surface area contributed by atoms with Crippen LogP contribution < -0.4 is 10.1 Å². The fourth-order valence-electron chi connectivity index (χ4n) is 1.88. The number of rotatable bonds is 5. The van der Waals surface area contributed by atoms with Crippen LogP contribution in [0.5, 0.6) is 11.6 Å². The van der Waals surface area contributed by atoms with Crippen LogP contribution in [0.3, 0.4) is 0 Å². The zero-order chi connectivity index (χ0) is 16.9. The molecule has 1 amide bonds. The van der Waals surface area contributed by atoms with Gasteiger partial charge in [-0.25, -0.2) is 9.78 Å². The molecule has 1 N–H and O–H groups in total. The van der Waals surface area contributed by atoms with E-state index in [1.54, 1.807) is 32.0 Å². The maximum atomic E-state index is 12.3. The largest absolute Gasteiger partial charge is 0.467 e. The summed E-state index contributed by atoms with van der Waals surface area (Å²) in [5.41, 5.74) is -0.793. The second-order valence-electron chi connectivity index (χ2n) is 5.37. The van der Waals surface area contributed by atoms with Gasteiger partial charge >= 0.3 is 5.97 Å².